The van der Waals surface area contributed by atoms with Crippen LogP contribution in [0.15, 0.2) is 74.6 Å². The minimum Gasteiger partial charge on any atom is -0.340 e. The Labute approximate surface area is 195 Å². The highest BCUT2D eigenvalue weighted by molar-refractivity contribution is 5.86. The zero-order chi connectivity index (χ0) is 23.5. The maximum atomic E-state index is 13.1. The minimum atomic E-state index is -0.339. The van der Waals surface area contributed by atoms with Crippen LogP contribution >= 0.6 is 0 Å². The fourth-order valence-electron chi connectivity index (χ4n) is 4.20. The van der Waals surface area contributed by atoms with Crippen LogP contribution in [0.1, 0.15) is 12.3 Å². The van der Waals surface area contributed by atoms with Gasteiger partial charge in [-0.1, -0.05) is 29.5 Å². The van der Waals surface area contributed by atoms with Gasteiger partial charge in [-0.15, -0.1) is 5.11 Å². The summed E-state index contributed by atoms with van der Waals surface area (Å²) in [6.07, 6.45) is 8.15. The van der Waals surface area contributed by atoms with Crippen LogP contribution in [0.25, 0.3) is 11.4 Å². The summed E-state index contributed by atoms with van der Waals surface area (Å²) in [5.41, 5.74) is 2.36. The highest BCUT2D eigenvalue weighted by Gasteiger charge is 2.29. The zero-order valence-electron chi connectivity index (χ0n) is 18.4. The number of halogens is 1. The number of rotatable bonds is 6. The van der Waals surface area contributed by atoms with Crippen molar-refractivity contribution in [2.75, 3.05) is 32.7 Å². The molecule has 1 saturated heterocycles. The van der Waals surface area contributed by atoms with E-state index in [1.165, 1.54) is 12.1 Å². The van der Waals surface area contributed by atoms with Gasteiger partial charge in [-0.2, -0.15) is 10.1 Å². The number of piperazine rings is 1. The molecule has 1 aromatic carbocycles. The van der Waals surface area contributed by atoms with Gasteiger partial charge in [-0.25, -0.2) is 4.39 Å². The van der Waals surface area contributed by atoms with Crippen LogP contribution in [0.2, 0.25) is 0 Å². The first-order valence-electron chi connectivity index (χ1n) is 11.2. The molecule has 0 N–H and O–H groups in total. The van der Waals surface area contributed by atoms with E-state index in [2.05, 4.69) is 25.3 Å². The Morgan fingerprint density at radius 2 is 1.88 bits per heavy atom. The van der Waals surface area contributed by atoms with Crippen LogP contribution in [-0.4, -0.2) is 64.5 Å². The van der Waals surface area contributed by atoms with Crippen molar-refractivity contribution in [1.82, 2.24) is 19.9 Å². The van der Waals surface area contributed by atoms with Gasteiger partial charge in [0.15, 0.2) is 0 Å². The molecule has 1 aromatic heterocycles. The summed E-state index contributed by atoms with van der Waals surface area (Å²) in [6, 6.07) is 5.84. The van der Waals surface area contributed by atoms with E-state index in [4.69, 9.17) is 4.52 Å². The highest BCUT2D eigenvalue weighted by atomic mass is 19.1. The molecule has 1 aliphatic carbocycles. The largest absolute Gasteiger partial charge is 0.340 e. The first kappa shape index (κ1) is 22.0. The molecule has 2 aliphatic heterocycles. The van der Waals surface area contributed by atoms with Crippen molar-refractivity contribution < 1.29 is 18.5 Å². The topological polar surface area (TPSA) is 104 Å². The van der Waals surface area contributed by atoms with Gasteiger partial charge >= 0.3 is 0 Å². The van der Waals surface area contributed by atoms with Crippen LogP contribution in [-0.2, 0) is 16.0 Å². The monoisotopic (exact) mass is 462 g/mol. The van der Waals surface area contributed by atoms with Gasteiger partial charge < -0.3 is 9.42 Å². The van der Waals surface area contributed by atoms with Crippen LogP contribution < -0.4 is 0 Å². The Hall–Kier alpha value is -3.79. The quantitative estimate of drug-likeness (QED) is 0.654. The summed E-state index contributed by atoms with van der Waals surface area (Å²) in [7, 11) is 0. The lowest BCUT2D eigenvalue weighted by atomic mass is 9.91. The third kappa shape index (κ3) is 4.76. The Morgan fingerprint density at radius 3 is 2.68 bits per heavy atom. The van der Waals surface area contributed by atoms with Crippen molar-refractivity contribution in [2.24, 2.45) is 16.1 Å². The number of azo groups is 1. The summed E-state index contributed by atoms with van der Waals surface area (Å²) >= 11 is 0. The van der Waals surface area contributed by atoms with E-state index in [9.17, 15) is 14.0 Å². The predicted octanol–water partition coefficient (Wildman–Crippen LogP) is 2.94. The number of nitrogens with zero attached hydrogens (tertiary/aromatic N) is 6. The van der Waals surface area contributed by atoms with E-state index in [1.54, 1.807) is 12.1 Å². The van der Waals surface area contributed by atoms with Gasteiger partial charge in [0.05, 0.1) is 11.6 Å². The normalized spacial score (nSPS) is 20.2. The third-order valence-corrected chi connectivity index (χ3v) is 6.12. The van der Waals surface area contributed by atoms with Gasteiger partial charge in [0.2, 0.25) is 17.6 Å². The SMILES string of the molecule is O=C1N=NC(CN2CCN(C(=O)CCc3nc(-c4ccc(F)cc4)no3)CC2)=C2C=CC=CC12. The van der Waals surface area contributed by atoms with Gasteiger partial charge in [0.1, 0.15) is 5.82 Å². The summed E-state index contributed by atoms with van der Waals surface area (Å²) in [5.74, 6) is -0.124. The number of aromatic nitrogens is 2. The summed E-state index contributed by atoms with van der Waals surface area (Å²) in [4.78, 5) is 33.0. The fraction of sp³-hybridized carbons (Fsp3) is 0.333. The number of hydrogen-bond donors (Lipinski definition) is 0. The molecular formula is C24H23FN6O3. The van der Waals surface area contributed by atoms with Crippen molar-refractivity contribution in [3.05, 3.63) is 71.5 Å². The maximum Gasteiger partial charge on any atom is 0.275 e. The van der Waals surface area contributed by atoms with Crippen molar-refractivity contribution >= 4 is 11.8 Å². The molecule has 3 heterocycles. The Morgan fingerprint density at radius 1 is 1.09 bits per heavy atom. The second kappa shape index (κ2) is 9.60. The number of amides is 2. The molecule has 2 amide bonds. The number of benzene rings is 1. The van der Waals surface area contributed by atoms with Crippen molar-refractivity contribution in [3.8, 4) is 11.4 Å². The molecule has 0 spiro atoms. The Balaban J connectivity index is 1.11. The standard InChI is InChI=1S/C24H23FN6O3/c25-17-7-5-16(6-8-17)23-26-21(34-29-23)9-10-22(32)31-13-11-30(12-14-31)15-20-18-3-1-2-4-19(18)24(33)28-27-20/h1-8,19H,9-15H2. The van der Waals surface area contributed by atoms with Gasteiger partial charge in [0, 0.05) is 51.1 Å². The number of carbonyl (C=O) groups excluding carboxylic acids is 2. The molecule has 34 heavy (non-hydrogen) atoms. The van der Waals surface area contributed by atoms with Gasteiger partial charge in [-0.3, -0.25) is 14.5 Å². The molecule has 5 rings (SSSR count). The minimum absolute atomic E-state index is 0.0339. The average Bonchev–Trinajstić information content (AvgIpc) is 3.34. The van der Waals surface area contributed by atoms with Gasteiger partial charge in [0.25, 0.3) is 5.91 Å². The van der Waals surface area contributed by atoms with Crippen LogP contribution in [0.3, 0.4) is 0 Å². The van der Waals surface area contributed by atoms with Crippen LogP contribution in [0.4, 0.5) is 4.39 Å². The molecule has 3 aliphatic rings. The highest BCUT2D eigenvalue weighted by Crippen LogP contribution is 2.29. The molecule has 174 valence electrons. The number of allylic oxidation sites excluding steroid dienone is 3. The van der Waals surface area contributed by atoms with Crippen molar-refractivity contribution in [3.63, 3.8) is 0 Å². The summed E-state index contributed by atoms with van der Waals surface area (Å²) < 4.78 is 18.3. The second-order valence-electron chi connectivity index (χ2n) is 8.34. The second-order valence-corrected chi connectivity index (χ2v) is 8.34. The molecule has 1 unspecified atom stereocenters. The van der Waals surface area contributed by atoms with E-state index in [1.807, 2.05) is 29.2 Å². The molecule has 2 aromatic rings. The predicted molar refractivity (Wildman–Crippen MR) is 120 cm³/mol. The van der Waals surface area contributed by atoms with Gasteiger partial charge in [-0.05, 0) is 29.8 Å². The first-order chi connectivity index (χ1) is 16.6. The van der Waals surface area contributed by atoms with E-state index in [0.717, 1.165) is 11.3 Å². The Bertz CT molecular complexity index is 1210. The molecular weight excluding hydrogens is 439 g/mol. The molecule has 10 heteroatoms. The zero-order valence-corrected chi connectivity index (χ0v) is 18.4. The fourth-order valence-corrected chi connectivity index (χ4v) is 4.20. The molecule has 0 radical (unpaired) electrons. The number of fused-ring (bicyclic) bond motifs is 1. The number of aryl methyl sites for hydroxylation is 1. The molecule has 0 bridgehead atoms. The lowest BCUT2D eigenvalue weighted by molar-refractivity contribution is -0.133. The Kier molecular flexibility index (Phi) is 6.22. The number of hydrogen-bond acceptors (Lipinski definition) is 7. The lowest BCUT2D eigenvalue weighted by Gasteiger charge is -2.35. The molecule has 9 nitrogen and oxygen atoms in total. The third-order valence-electron chi connectivity index (χ3n) is 6.12. The molecule has 0 saturated carbocycles. The van der Waals surface area contributed by atoms with E-state index >= 15 is 0 Å². The average molecular weight is 462 g/mol. The van der Waals surface area contributed by atoms with E-state index in [0.29, 0.717) is 56.4 Å². The van der Waals surface area contributed by atoms with Crippen molar-refractivity contribution in [1.29, 1.82) is 0 Å². The van der Waals surface area contributed by atoms with Crippen molar-refractivity contribution in [2.45, 2.75) is 12.8 Å². The van der Waals surface area contributed by atoms with E-state index in [-0.39, 0.29) is 30.0 Å². The smallest absolute Gasteiger partial charge is 0.275 e. The van der Waals surface area contributed by atoms with Crippen LogP contribution in [0, 0.1) is 11.7 Å². The van der Waals surface area contributed by atoms with E-state index < -0.39 is 0 Å². The number of carbonyl (C=O) groups is 2. The maximum absolute atomic E-state index is 13.1. The summed E-state index contributed by atoms with van der Waals surface area (Å²) in [6.45, 7) is 3.25. The summed E-state index contributed by atoms with van der Waals surface area (Å²) in [5, 5.41) is 11.9. The molecule has 1 fully saturated rings. The molecule has 1 atom stereocenters. The first-order valence-corrected chi connectivity index (χ1v) is 11.2. The van der Waals surface area contributed by atoms with Crippen LogP contribution in [0.5, 0.6) is 0 Å². The lowest BCUT2D eigenvalue weighted by Crippen LogP contribution is -2.49.